The SMILES string of the molecule is O=C(COC(=O)c1cc(Br)cc(Br)c1O)Nc1ccc(S(=O)(=O)N2CCCC2)cc1. The minimum Gasteiger partial charge on any atom is -0.506 e. The number of anilines is 1. The van der Waals surface area contributed by atoms with E-state index in [0.717, 1.165) is 12.8 Å². The van der Waals surface area contributed by atoms with E-state index in [1.807, 2.05) is 0 Å². The minimum atomic E-state index is -3.53. The molecule has 2 aromatic rings. The number of sulfonamides is 1. The van der Waals surface area contributed by atoms with Crippen LogP contribution in [0.1, 0.15) is 23.2 Å². The first-order valence-electron chi connectivity index (χ1n) is 8.93. The second-order valence-electron chi connectivity index (χ2n) is 6.54. The van der Waals surface area contributed by atoms with Crippen molar-refractivity contribution >= 4 is 59.4 Å². The summed E-state index contributed by atoms with van der Waals surface area (Å²) in [4.78, 5) is 24.4. The van der Waals surface area contributed by atoms with E-state index in [0.29, 0.717) is 27.7 Å². The molecular formula is C19H18Br2N2O6S. The van der Waals surface area contributed by atoms with E-state index in [4.69, 9.17) is 4.74 Å². The largest absolute Gasteiger partial charge is 0.506 e. The molecule has 2 aromatic carbocycles. The number of phenolic OH excluding ortho intramolecular Hbond substituents is 1. The van der Waals surface area contributed by atoms with Gasteiger partial charge in [-0.1, -0.05) is 15.9 Å². The van der Waals surface area contributed by atoms with Crippen molar-refractivity contribution in [1.29, 1.82) is 0 Å². The number of nitrogens with zero attached hydrogens (tertiary/aromatic N) is 1. The van der Waals surface area contributed by atoms with Gasteiger partial charge in [0.2, 0.25) is 10.0 Å². The zero-order valence-electron chi connectivity index (χ0n) is 15.6. The average molecular weight is 562 g/mol. The van der Waals surface area contributed by atoms with Crippen molar-refractivity contribution in [2.75, 3.05) is 25.0 Å². The van der Waals surface area contributed by atoms with Crippen molar-refractivity contribution in [3.63, 3.8) is 0 Å². The number of rotatable bonds is 6. The third kappa shape index (κ3) is 5.20. The number of phenols is 1. The summed E-state index contributed by atoms with van der Waals surface area (Å²) in [6.45, 7) is 0.447. The molecule has 11 heteroatoms. The van der Waals surface area contributed by atoms with Crippen LogP contribution >= 0.6 is 31.9 Å². The van der Waals surface area contributed by atoms with Gasteiger partial charge < -0.3 is 15.2 Å². The zero-order chi connectivity index (χ0) is 21.9. The molecule has 0 unspecified atom stereocenters. The van der Waals surface area contributed by atoms with Gasteiger partial charge in [-0.3, -0.25) is 4.79 Å². The normalized spacial score (nSPS) is 14.5. The Morgan fingerprint density at radius 1 is 1.10 bits per heavy atom. The minimum absolute atomic E-state index is 0.0967. The predicted octanol–water partition coefficient (Wildman–Crippen LogP) is 3.50. The van der Waals surface area contributed by atoms with Gasteiger partial charge in [0, 0.05) is 23.2 Å². The van der Waals surface area contributed by atoms with Crippen molar-refractivity contribution in [2.24, 2.45) is 0 Å². The molecule has 8 nitrogen and oxygen atoms in total. The van der Waals surface area contributed by atoms with Crippen LogP contribution in [0.4, 0.5) is 5.69 Å². The Hall–Kier alpha value is -1.95. The molecule has 1 aliphatic heterocycles. The fourth-order valence-corrected chi connectivity index (χ4v) is 5.66. The molecule has 0 atom stereocenters. The van der Waals surface area contributed by atoms with Gasteiger partial charge in [0.25, 0.3) is 5.91 Å². The number of hydrogen-bond acceptors (Lipinski definition) is 6. The van der Waals surface area contributed by atoms with Crippen molar-refractivity contribution in [3.05, 3.63) is 50.9 Å². The maximum Gasteiger partial charge on any atom is 0.342 e. The molecule has 0 saturated carbocycles. The van der Waals surface area contributed by atoms with Gasteiger partial charge in [0.05, 0.1) is 9.37 Å². The average Bonchev–Trinajstić information content (AvgIpc) is 3.25. The van der Waals surface area contributed by atoms with Crippen LogP contribution in [0, 0.1) is 0 Å². The third-order valence-corrected chi connectivity index (χ3v) is 7.40. The van der Waals surface area contributed by atoms with Crippen LogP contribution < -0.4 is 5.32 Å². The molecule has 2 N–H and O–H groups in total. The maximum atomic E-state index is 12.5. The molecule has 0 aromatic heterocycles. The summed E-state index contributed by atoms with van der Waals surface area (Å²) in [6.07, 6.45) is 1.70. The molecule has 1 heterocycles. The fraction of sp³-hybridized carbons (Fsp3) is 0.263. The number of halogens is 2. The quantitative estimate of drug-likeness (QED) is 0.522. The summed E-state index contributed by atoms with van der Waals surface area (Å²) in [5.74, 6) is -1.76. The van der Waals surface area contributed by atoms with Gasteiger partial charge in [0.15, 0.2) is 6.61 Å². The van der Waals surface area contributed by atoms with E-state index in [1.54, 1.807) is 6.07 Å². The summed E-state index contributed by atoms with van der Waals surface area (Å²) in [6, 6.07) is 8.73. The highest BCUT2D eigenvalue weighted by molar-refractivity contribution is 9.11. The van der Waals surface area contributed by atoms with Crippen molar-refractivity contribution in [2.45, 2.75) is 17.7 Å². The molecule has 0 spiro atoms. The number of aromatic hydroxyl groups is 1. The van der Waals surface area contributed by atoms with Crippen LogP contribution in [0.25, 0.3) is 0 Å². The number of amides is 1. The lowest BCUT2D eigenvalue weighted by Crippen LogP contribution is -2.27. The van der Waals surface area contributed by atoms with Crippen molar-refractivity contribution in [3.8, 4) is 5.75 Å². The molecule has 1 amide bonds. The molecule has 30 heavy (non-hydrogen) atoms. The van der Waals surface area contributed by atoms with Gasteiger partial charge in [0.1, 0.15) is 11.3 Å². The van der Waals surface area contributed by atoms with Crippen molar-refractivity contribution < 1.29 is 27.9 Å². The number of carbonyl (C=O) groups excluding carboxylic acids is 2. The van der Waals surface area contributed by atoms with Crippen LogP contribution in [0.2, 0.25) is 0 Å². The van der Waals surface area contributed by atoms with Crippen molar-refractivity contribution in [1.82, 2.24) is 4.31 Å². The molecule has 3 rings (SSSR count). The van der Waals surface area contributed by atoms with E-state index in [1.165, 1.54) is 34.6 Å². The Morgan fingerprint density at radius 3 is 2.37 bits per heavy atom. The smallest absolute Gasteiger partial charge is 0.342 e. The molecular weight excluding hydrogens is 544 g/mol. The summed E-state index contributed by atoms with van der Waals surface area (Å²) < 4.78 is 32.3. The molecule has 1 aliphatic rings. The highest BCUT2D eigenvalue weighted by Gasteiger charge is 2.27. The van der Waals surface area contributed by atoms with E-state index in [-0.39, 0.29) is 16.2 Å². The molecule has 0 bridgehead atoms. The Balaban J connectivity index is 1.58. The number of ether oxygens (including phenoxy) is 1. The van der Waals surface area contributed by atoms with Gasteiger partial charge in [-0.05, 0) is 65.2 Å². The number of esters is 1. The van der Waals surface area contributed by atoms with Crippen LogP contribution in [-0.4, -0.2) is 49.4 Å². The lowest BCUT2D eigenvalue weighted by Gasteiger charge is -2.15. The van der Waals surface area contributed by atoms with Gasteiger partial charge in [-0.15, -0.1) is 0 Å². The monoisotopic (exact) mass is 560 g/mol. The van der Waals surface area contributed by atoms with E-state index in [9.17, 15) is 23.1 Å². The first-order chi connectivity index (χ1) is 14.2. The second kappa shape index (κ2) is 9.46. The van der Waals surface area contributed by atoms with Crippen LogP contribution in [0.3, 0.4) is 0 Å². The Bertz CT molecular complexity index is 1070. The summed E-state index contributed by atoms with van der Waals surface area (Å²) >= 11 is 6.32. The number of hydrogen-bond donors (Lipinski definition) is 2. The predicted molar refractivity (Wildman–Crippen MR) is 117 cm³/mol. The Kier molecular flexibility index (Phi) is 7.17. The highest BCUT2D eigenvalue weighted by Crippen LogP contribution is 2.32. The van der Waals surface area contributed by atoms with E-state index >= 15 is 0 Å². The van der Waals surface area contributed by atoms with Gasteiger partial charge in [-0.25, -0.2) is 13.2 Å². The molecule has 160 valence electrons. The molecule has 0 radical (unpaired) electrons. The summed E-state index contributed by atoms with van der Waals surface area (Å²) in [5.41, 5.74) is 0.269. The second-order valence-corrected chi connectivity index (χ2v) is 10.3. The van der Waals surface area contributed by atoms with E-state index in [2.05, 4.69) is 37.2 Å². The summed E-state index contributed by atoms with van der Waals surface area (Å²) in [5, 5.41) is 12.5. The Labute approximate surface area is 190 Å². The first-order valence-corrected chi connectivity index (χ1v) is 12.0. The van der Waals surface area contributed by atoms with Gasteiger partial charge in [-0.2, -0.15) is 4.31 Å². The summed E-state index contributed by atoms with van der Waals surface area (Å²) in [7, 11) is -3.53. The first kappa shape index (κ1) is 22.7. The number of benzene rings is 2. The zero-order valence-corrected chi connectivity index (χ0v) is 19.6. The van der Waals surface area contributed by atoms with Crippen LogP contribution in [0.15, 0.2) is 50.2 Å². The van der Waals surface area contributed by atoms with Crippen LogP contribution in [-0.2, 0) is 19.6 Å². The standard InChI is InChI=1S/C19H18Br2N2O6S/c20-12-9-15(18(25)16(21)10-12)19(26)29-11-17(24)22-13-3-5-14(6-4-13)30(27,28)23-7-1-2-8-23/h3-6,9-10,25H,1-2,7-8,11H2,(H,22,24). The highest BCUT2D eigenvalue weighted by atomic mass is 79.9. The lowest BCUT2D eigenvalue weighted by molar-refractivity contribution is -0.119. The molecule has 0 aliphatic carbocycles. The van der Waals surface area contributed by atoms with Gasteiger partial charge >= 0.3 is 5.97 Å². The topological polar surface area (TPSA) is 113 Å². The molecule has 1 fully saturated rings. The fourth-order valence-electron chi connectivity index (χ4n) is 2.92. The Morgan fingerprint density at radius 2 is 1.73 bits per heavy atom. The number of nitrogens with one attached hydrogen (secondary N) is 1. The lowest BCUT2D eigenvalue weighted by atomic mass is 10.2. The van der Waals surface area contributed by atoms with Crippen LogP contribution in [0.5, 0.6) is 5.75 Å². The third-order valence-electron chi connectivity index (χ3n) is 4.42. The maximum absolute atomic E-state index is 12.5. The van der Waals surface area contributed by atoms with E-state index < -0.39 is 28.5 Å². The molecule has 1 saturated heterocycles. The number of carbonyl (C=O) groups is 2.